The van der Waals surface area contributed by atoms with E-state index in [2.05, 4.69) is 17.6 Å². The van der Waals surface area contributed by atoms with Crippen molar-refractivity contribution < 1.29 is 24.2 Å². The topological polar surface area (TPSA) is 108 Å². The molecular weight excluding hydrogens is 458 g/mol. The van der Waals surface area contributed by atoms with Gasteiger partial charge in [-0.2, -0.15) is 0 Å². The third-order valence-electron chi connectivity index (χ3n) is 5.58. The number of hydrogen-bond donors (Lipinski definition) is 3. The number of nitrogens with one attached hydrogen (secondary N) is 2. The van der Waals surface area contributed by atoms with Crippen LogP contribution < -0.4 is 10.6 Å². The standard InChI is InChI=1S/C28H47N3O5/c1-10-11-12-13-17-31(25(34)21(18-32)29-26(35)36-28(7,8)9)23(24(33)30-27(4,5)6)22-19(2)15-14-16-20(22)3/h14-16,21,23,32H,10-13,17-18H2,1-9H3,(H,29,35)(H,30,33). The number of carbonyl (C=O) groups excluding carboxylic acids is 3. The number of aryl methyl sites for hydroxylation is 2. The Morgan fingerprint density at radius 2 is 1.58 bits per heavy atom. The molecule has 8 heteroatoms. The van der Waals surface area contributed by atoms with Gasteiger partial charge in [0.05, 0.1) is 6.61 Å². The molecule has 3 amide bonds. The predicted molar refractivity (Wildman–Crippen MR) is 143 cm³/mol. The van der Waals surface area contributed by atoms with Gasteiger partial charge in [-0.3, -0.25) is 9.59 Å². The number of nitrogens with zero attached hydrogens (tertiary/aromatic N) is 1. The number of hydrogen-bond acceptors (Lipinski definition) is 5. The Kier molecular flexibility index (Phi) is 11.9. The van der Waals surface area contributed by atoms with E-state index in [4.69, 9.17) is 4.74 Å². The summed E-state index contributed by atoms with van der Waals surface area (Å²) in [5.41, 5.74) is 1.23. The molecule has 0 aromatic heterocycles. The third-order valence-corrected chi connectivity index (χ3v) is 5.58. The lowest BCUT2D eigenvalue weighted by Crippen LogP contribution is -2.56. The van der Waals surface area contributed by atoms with E-state index >= 15 is 0 Å². The minimum absolute atomic E-state index is 0.307. The van der Waals surface area contributed by atoms with Crippen molar-refractivity contribution in [2.45, 2.75) is 111 Å². The molecule has 0 heterocycles. The minimum Gasteiger partial charge on any atom is -0.444 e. The molecule has 0 aliphatic carbocycles. The summed E-state index contributed by atoms with van der Waals surface area (Å²) in [6.07, 6.45) is 2.81. The molecule has 0 aliphatic rings. The highest BCUT2D eigenvalue weighted by Crippen LogP contribution is 2.29. The van der Waals surface area contributed by atoms with Crippen LogP contribution in [0.5, 0.6) is 0 Å². The summed E-state index contributed by atoms with van der Waals surface area (Å²) in [6.45, 7) is 16.4. The maximum atomic E-state index is 13.9. The van der Waals surface area contributed by atoms with Crippen LogP contribution in [0.25, 0.3) is 0 Å². The molecule has 204 valence electrons. The van der Waals surface area contributed by atoms with Gasteiger partial charge in [0.25, 0.3) is 0 Å². The van der Waals surface area contributed by atoms with Crippen LogP contribution in [0.4, 0.5) is 4.79 Å². The first kappa shape index (κ1) is 31.4. The Hall–Kier alpha value is -2.61. The molecule has 3 N–H and O–H groups in total. The number of unbranched alkanes of at least 4 members (excludes halogenated alkanes) is 3. The van der Waals surface area contributed by atoms with Crippen LogP contribution in [0.1, 0.15) is 96.9 Å². The zero-order chi connectivity index (χ0) is 27.7. The largest absolute Gasteiger partial charge is 0.444 e. The molecular formula is C28H47N3O5. The Balaban J connectivity index is 3.52. The molecule has 2 atom stereocenters. The van der Waals surface area contributed by atoms with Gasteiger partial charge in [0.15, 0.2) is 0 Å². The maximum Gasteiger partial charge on any atom is 0.408 e. The lowest BCUT2D eigenvalue weighted by Gasteiger charge is -2.37. The first-order chi connectivity index (χ1) is 16.6. The number of carbonyl (C=O) groups is 3. The van der Waals surface area contributed by atoms with Gasteiger partial charge < -0.3 is 25.4 Å². The van der Waals surface area contributed by atoms with Gasteiger partial charge in [0.2, 0.25) is 11.8 Å². The molecule has 8 nitrogen and oxygen atoms in total. The average Bonchev–Trinajstić information content (AvgIpc) is 2.72. The highest BCUT2D eigenvalue weighted by atomic mass is 16.6. The predicted octanol–water partition coefficient (Wildman–Crippen LogP) is 4.55. The fraction of sp³-hybridized carbons (Fsp3) is 0.679. The van der Waals surface area contributed by atoms with Crippen LogP contribution in [-0.4, -0.2) is 58.2 Å². The van der Waals surface area contributed by atoms with Crippen molar-refractivity contribution in [2.75, 3.05) is 13.2 Å². The molecule has 1 rings (SSSR count). The Labute approximate surface area is 217 Å². The van der Waals surface area contributed by atoms with Crippen LogP contribution >= 0.6 is 0 Å². The SMILES string of the molecule is CCCCCCN(C(=O)C(CO)NC(=O)OC(C)(C)C)C(C(=O)NC(C)(C)C)c1c(C)cccc1C. The number of ether oxygens (including phenoxy) is 1. The molecule has 0 saturated heterocycles. The van der Waals surface area contributed by atoms with E-state index in [0.717, 1.165) is 36.0 Å². The van der Waals surface area contributed by atoms with E-state index in [0.29, 0.717) is 13.0 Å². The van der Waals surface area contributed by atoms with Gasteiger partial charge in [0, 0.05) is 12.1 Å². The summed E-state index contributed by atoms with van der Waals surface area (Å²) in [5.74, 6) is -0.839. The summed E-state index contributed by atoms with van der Waals surface area (Å²) in [5, 5.41) is 15.6. The molecule has 0 radical (unpaired) electrons. The van der Waals surface area contributed by atoms with Gasteiger partial charge in [-0.25, -0.2) is 4.79 Å². The molecule has 1 aromatic rings. The van der Waals surface area contributed by atoms with Crippen molar-refractivity contribution in [3.63, 3.8) is 0 Å². The van der Waals surface area contributed by atoms with E-state index in [9.17, 15) is 19.5 Å². The number of amides is 3. The van der Waals surface area contributed by atoms with E-state index in [1.807, 2.05) is 52.8 Å². The Morgan fingerprint density at radius 1 is 1.00 bits per heavy atom. The monoisotopic (exact) mass is 505 g/mol. The molecule has 1 aromatic carbocycles. The Bertz CT molecular complexity index is 866. The highest BCUT2D eigenvalue weighted by Gasteiger charge is 2.38. The molecule has 2 unspecified atom stereocenters. The van der Waals surface area contributed by atoms with Gasteiger partial charge in [0.1, 0.15) is 17.7 Å². The fourth-order valence-corrected chi connectivity index (χ4v) is 4.04. The molecule has 0 spiro atoms. The second kappa shape index (κ2) is 13.6. The van der Waals surface area contributed by atoms with Crippen molar-refractivity contribution in [2.24, 2.45) is 0 Å². The second-order valence-electron chi connectivity index (χ2n) is 11.4. The summed E-state index contributed by atoms with van der Waals surface area (Å²) in [7, 11) is 0. The second-order valence-corrected chi connectivity index (χ2v) is 11.4. The number of aliphatic hydroxyl groups is 1. The van der Waals surface area contributed by atoms with Crippen molar-refractivity contribution in [1.29, 1.82) is 0 Å². The maximum absolute atomic E-state index is 13.9. The quantitative estimate of drug-likeness (QED) is 0.382. The van der Waals surface area contributed by atoms with E-state index in [-0.39, 0.29) is 5.91 Å². The first-order valence-electron chi connectivity index (χ1n) is 12.9. The molecule has 0 fully saturated rings. The van der Waals surface area contributed by atoms with Gasteiger partial charge in [-0.1, -0.05) is 44.4 Å². The zero-order valence-corrected chi connectivity index (χ0v) is 23.7. The van der Waals surface area contributed by atoms with Gasteiger partial charge >= 0.3 is 6.09 Å². The molecule has 0 aliphatic heterocycles. The normalized spacial score (nSPS) is 13.5. The summed E-state index contributed by atoms with van der Waals surface area (Å²) < 4.78 is 5.30. The lowest BCUT2D eigenvalue weighted by molar-refractivity contribution is -0.144. The summed E-state index contributed by atoms with van der Waals surface area (Å²) in [4.78, 5) is 41.5. The zero-order valence-electron chi connectivity index (χ0n) is 23.7. The third kappa shape index (κ3) is 10.2. The number of rotatable bonds is 11. The van der Waals surface area contributed by atoms with Crippen LogP contribution in [0.2, 0.25) is 0 Å². The Morgan fingerprint density at radius 3 is 2.06 bits per heavy atom. The lowest BCUT2D eigenvalue weighted by atomic mass is 9.92. The van der Waals surface area contributed by atoms with Crippen molar-refractivity contribution in [3.05, 3.63) is 34.9 Å². The number of aliphatic hydroxyl groups excluding tert-OH is 1. The highest BCUT2D eigenvalue weighted by molar-refractivity contribution is 5.92. The van der Waals surface area contributed by atoms with Crippen LogP contribution in [0, 0.1) is 13.8 Å². The minimum atomic E-state index is -1.25. The summed E-state index contributed by atoms with van der Waals surface area (Å²) in [6, 6.07) is 3.58. The van der Waals surface area contributed by atoms with Gasteiger partial charge in [-0.15, -0.1) is 0 Å². The van der Waals surface area contributed by atoms with Crippen molar-refractivity contribution >= 4 is 17.9 Å². The van der Waals surface area contributed by atoms with Gasteiger partial charge in [-0.05, 0) is 78.5 Å². The van der Waals surface area contributed by atoms with Crippen molar-refractivity contribution in [1.82, 2.24) is 15.5 Å². The van der Waals surface area contributed by atoms with E-state index in [1.54, 1.807) is 20.8 Å². The average molecular weight is 506 g/mol. The smallest absolute Gasteiger partial charge is 0.408 e. The molecule has 36 heavy (non-hydrogen) atoms. The molecule has 0 bridgehead atoms. The summed E-state index contributed by atoms with van der Waals surface area (Å²) >= 11 is 0. The van der Waals surface area contributed by atoms with Crippen LogP contribution in [0.15, 0.2) is 18.2 Å². The number of benzene rings is 1. The van der Waals surface area contributed by atoms with Crippen LogP contribution in [-0.2, 0) is 14.3 Å². The van der Waals surface area contributed by atoms with Crippen molar-refractivity contribution in [3.8, 4) is 0 Å². The van der Waals surface area contributed by atoms with E-state index in [1.165, 1.54) is 4.90 Å². The molecule has 0 saturated carbocycles. The van der Waals surface area contributed by atoms with E-state index < -0.39 is 41.8 Å². The van der Waals surface area contributed by atoms with Crippen LogP contribution in [0.3, 0.4) is 0 Å². The fourth-order valence-electron chi connectivity index (χ4n) is 4.04. The first-order valence-corrected chi connectivity index (χ1v) is 12.9. The number of alkyl carbamates (subject to hydrolysis) is 1.